The Morgan fingerprint density at radius 3 is 2.95 bits per heavy atom. The maximum atomic E-state index is 11.8. The molecule has 1 aliphatic carbocycles. The molecule has 3 rings (SSSR count). The van der Waals surface area contributed by atoms with E-state index in [0.29, 0.717) is 12.8 Å². The summed E-state index contributed by atoms with van der Waals surface area (Å²) in [6.07, 6.45) is 2.95. The summed E-state index contributed by atoms with van der Waals surface area (Å²) >= 11 is 0. The maximum Gasteiger partial charge on any atom is 0.309 e. The first-order valence-electron chi connectivity index (χ1n) is 7.32. The number of rotatable bonds is 1. The summed E-state index contributed by atoms with van der Waals surface area (Å²) in [7, 11) is 0. The number of fused-ring (bicyclic) bond motifs is 2. The Morgan fingerprint density at radius 2 is 2.25 bits per heavy atom. The van der Waals surface area contributed by atoms with Gasteiger partial charge in [0.25, 0.3) is 0 Å². The van der Waals surface area contributed by atoms with Crippen LogP contribution in [0.5, 0.6) is 0 Å². The molecule has 1 unspecified atom stereocenters. The van der Waals surface area contributed by atoms with Crippen LogP contribution in [0, 0.1) is 11.8 Å². The standard InChI is InChI=1S/C15H22O5/c1-8-10-6-12(17)15(2)13(20-15)4-3-9(7-16)5-11(10)19-14(8)18/h5,8,10-13,16-17H,3-4,6-7H2,1-2H3/b9-5-/t8-,10-,11-,12?,13+,15-/m0/s1. The summed E-state index contributed by atoms with van der Waals surface area (Å²) in [5.41, 5.74) is 0.379. The van der Waals surface area contributed by atoms with Crippen molar-refractivity contribution in [2.45, 2.75) is 57.0 Å². The molecule has 0 aromatic rings. The molecule has 0 bridgehead atoms. The highest BCUT2D eigenvalue weighted by Gasteiger charge is 2.58. The zero-order valence-corrected chi connectivity index (χ0v) is 11.9. The van der Waals surface area contributed by atoms with Crippen molar-refractivity contribution in [3.8, 4) is 0 Å². The molecule has 2 aliphatic heterocycles. The summed E-state index contributed by atoms with van der Waals surface area (Å²) in [6.45, 7) is 3.73. The van der Waals surface area contributed by atoms with Gasteiger partial charge in [-0.05, 0) is 37.8 Å². The van der Waals surface area contributed by atoms with Gasteiger partial charge in [0.1, 0.15) is 11.7 Å². The van der Waals surface area contributed by atoms with Crippen LogP contribution in [0.2, 0.25) is 0 Å². The number of carbonyl (C=O) groups excluding carboxylic acids is 1. The number of esters is 1. The average Bonchev–Trinajstić information content (AvgIpc) is 3.02. The van der Waals surface area contributed by atoms with Crippen molar-refractivity contribution >= 4 is 5.97 Å². The van der Waals surface area contributed by atoms with Gasteiger partial charge >= 0.3 is 5.97 Å². The van der Waals surface area contributed by atoms with Crippen LogP contribution < -0.4 is 0 Å². The summed E-state index contributed by atoms with van der Waals surface area (Å²) in [5, 5.41) is 19.9. The molecule has 0 spiro atoms. The smallest absolute Gasteiger partial charge is 0.309 e. The second kappa shape index (κ2) is 4.83. The number of aliphatic hydroxyl groups excluding tert-OH is 2. The lowest BCUT2D eigenvalue weighted by atomic mass is 9.81. The Hall–Kier alpha value is -0.910. The first-order chi connectivity index (χ1) is 9.45. The van der Waals surface area contributed by atoms with Gasteiger partial charge in [-0.2, -0.15) is 0 Å². The van der Waals surface area contributed by atoms with Gasteiger partial charge < -0.3 is 19.7 Å². The largest absolute Gasteiger partial charge is 0.458 e. The average molecular weight is 282 g/mol. The van der Waals surface area contributed by atoms with Crippen LogP contribution in [-0.4, -0.2) is 46.7 Å². The lowest BCUT2D eigenvalue weighted by Gasteiger charge is -2.24. The van der Waals surface area contributed by atoms with Crippen LogP contribution in [0.3, 0.4) is 0 Å². The van der Waals surface area contributed by atoms with E-state index in [0.717, 1.165) is 12.0 Å². The molecule has 0 aromatic carbocycles. The highest BCUT2D eigenvalue weighted by Crippen LogP contribution is 2.47. The van der Waals surface area contributed by atoms with Gasteiger partial charge in [-0.25, -0.2) is 0 Å². The highest BCUT2D eigenvalue weighted by atomic mass is 16.6. The fourth-order valence-electron chi connectivity index (χ4n) is 3.45. The van der Waals surface area contributed by atoms with E-state index in [-0.39, 0.29) is 36.6 Å². The molecule has 2 heterocycles. The molecule has 0 aromatic heterocycles. The molecule has 5 nitrogen and oxygen atoms in total. The minimum absolute atomic E-state index is 0.0266. The normalized spacial score (nSPS) is 50.5. The van der Waals surface area contributed by atoms with E-state index >= 15 is 0 Å². The minimum Gasteiger partial charge on any atom is -0.458 e. The van der Waals surface area contributed by atoms with E-state index in [2.05, 4.69) is 0 Å². The van der Waals surface area contributed by atoms with E-state index < -0.39 is 11.7 Å². The molecule has 3 aliphatic rings. The maximum absolute atomic E-state index is 11.8. The third kappa shape index (κ3) is 2.18. The summed E-state index contributed by atoms with van der Waals surface area (Å²) in [4.78, 5) is 11.8. The summed E-state index contributed by atoms with van der Waals surface area (Å²) in [5.74, 6) is -0.511. The van der Waals surface area contributed by atoms with Crippen molar-refractivity contribution in [3.63, 3.8) is 0 Å². The topological polar surface area (TPSA) is 79.3 Å². The lowest BCUT2D eigenvalue weighted by Crippen LogP contribution is -2.35. The van der Waals surface area contributed by atoms with Gasteiger partial charge in [-0.1, -0.05) is 6.92 Å². The third-order valence-electron chi connectivity index (χ3n) is 5.15. The number of carbonyl (C=O) groups is 1. The van der Waals surface area contributed by atoms with Gasteiger partial charge in [0, 0.05) is 5.92 Å². The molecule has 0 saturated carbocycles. The molecule has 112 valence electrons. The van der Waals surface area contributed by atoms with E-state index in [9.17, 15) is 15.0 Å². The Bertz CT molecular complexity index is 446. The van der Waals surface area contributed by atoms with Gasteiger partial charge in [0.05, 0.1) is 24.7 Å². The third-order valence-corrected chi connectivity index (χ3v) is 5.15. The monoisotopic (exact) mass is 282 g/mol. The van der Waals surface area contributed by atoms with Crippen LogP contribution in [0.25, 0.3) is 0 Å². The first kappa shape index (κ1) is 14.0. The molecule has 5 heteroatoms. The van der Waals surface area contributed by atoms with Gasteiger partial charge in [0.2, 0.25) is 0 Å². The Kier molecular flexibility index (Phi) is 3.39. The summed E-state index contributed by atoms with van der Waals surface area (Å²) in [6, 6.07) is 0. The number of ether oxygens (including phenoxy) is 2. The van der Waals surface area contributed by atoms with Crippen molar-refractivity contribution in [2.24, 2.45) is 11.8 Å². The van der Waals surface area contributed by atoms with Gasteiger partial charge in [-0.3, -0.25) is 4.79 Å². The van der Waals surface area contributed by atoms with Crippen LogP contribution in [0.15, 0.2) is 11.6 Å². The predicted molar refractivity (Wildman–Crippen MR) is 70.8 cm³/mol. The van der Waals surface area contributed by atoms with Crippen LogP contribution in [0.4, 0.5) is 0 Å². The van der Waals surface area contributed by atoms with E-state index in [4.69, 9.17) is 9.47 Å². The van der Waals surface area contributed by atoms with E-state index in [1.54, 1.807) is 0 Å². The zero-order chi connectivity index (χ0) is 14.5. The van der Waals surface area contributed by atoms with Crippen molar-refractivity contribution in [3.05, 3.63) is 11.6 Å². The molecule has 0 radical (unpaired) electrons. The highest BCUT2D eigenvalue weighted by molar-refractivity contribution is 5.75. The number of aliphatic hydroxyl groups is 2. The fraction of sp³-hybridized carbons (Fsp3) is 0.800. The Morgan fingerprint density at radius 1 is 1.50 bits per heavy atom. The molecule has 6 atom stereocenters. The Labute approximate surface area is 118 Å². The second-order valence-electron chi connectivity index (χ2n) is 6.42. The van der Waals surface area contributed by atoms with Crippen LogP contribution in [0.1, 0.15) is 33.1 Å². The molecule has 0 amide bonds. The van der Waals surface area contributed by atoms with Gasteiger partial charge in [0.15, 0.2) is 0 Å². The predicted octanol–water partition coefficient (Wildman–Crippen LogP) is 0.785. The number of hydrogen-bond acceptors (Lipinski definition) is 5. The summed E-state index contributed by atoms with van der Waals surface area (Å²) < 4.78 is 11.1. The second-order valence-corrected chi connectivity index (χ2v) is 6.42. The van der Waals surface area contributed by atoms with Crippen LogP contribution in [-0.2, 0) is 14.3 Å². The van der Waals surface area contributed by atoms with Crippen LogP contribution >= 0.6 is 0 Å². The first-order valence-corrected chi connectivity index (χ1v) is 7.32. The lowest BCUT2D eigenvalue weighted by molar-refractivity contribution is -0.142. The van der Waals surface area contributed by atoms with Crippen molar-refractivity contribution < 1.29 is 24.5 Å². The fourth-order valence-corrected chi connectivity index (χ4v) is 3.45. The molecule has 2 fully saturated rings. The molecule has 2 saturated heterocycles. The van der Waals surface area contributed by atoms with Crippen molar-refractivity contribution in [2.75, 3.05) is 6.61 Å². The van der Waals surface area contributed by atoms with Crippen molar-refractivity contribution in [1.82, 2.24) is 0 Å². The van der Waals surface area contributed by atoms with E-state index in [1.165, 1.54) is 0 Å². The van der Waals surface area contributed by atoms with E-state index in [1.807, 2.05) is 19.9 Å². The zero-order valence-electron chi connectivity index (χ0n) is 11.9. The quantitative estimate of drug-likeness (QED) is 0.422. The van der Waals surface area contributed by atoms with Crippen molar-refractivity contribution in [1.29, 1.82) is 0 Å². The minimum atomic E-state index is -0.582. The Balaban J connectivity index is 1.89. The molecular weight excluding hydrogens is 260 g/mol. The molecular formula is C15H22O5. The SMILES string of the molecule is C[C@@H]1C(=O)O[C@H]2/C=C(\CO)CC[C@H]3O[C@@]3(C)C(O)C[C@H]21. The molecule has 2 N–H and O–H groups in total. The molecule has 20 heavy (non-hydrogen) atoms. The number of epoxide rings is 1. The number of hydrogen-bond donors (Lipinski definition) is 2. The van der Waals surface area contributed by atoms with Gasteiger partial charge in [-0.15, -0.1) is 0 Å².